The van der Waals surface area contributed by atoms with Crippen LogP contribution in [0.5, 0.6) is 0 Å². The summed E-state index contributed by atoms with van der Waals surface area (Å²) in [6.07, 6.45) is 11.6. The average Bonchev–Trinajstić information content (AvgIpc) is 2.30. The molecule has 2 rings (SSSR count). The minimum absolute atomic E-state index is 0.162. The van der Waals surface area contributed by atoms with Gasteiger partial charge in [0.2, 0.25) is 5.91 Å². The lowest BCUT2D eigenvalue weighted by atomic mass is 9.85. The molecule has 1 amide bonds. The fourth-order valence-electron chi connectivity index (χ4n) is 2.71. The lowest BCUT2D eigenvalue weighted by Crippen LogP contribution is -2.42. The molecule has 0 spiro atoms. The number of allylic oxidation sites excluding steroid dienone is 1. The summed E-state index contributed by atoms with van der Waals surface area (Å²) in [6.45, 7) is 0. The summed E-state index contributed by atoms with van der Waals surface area (Å²) in [5.74, 6) is 0.394. The van der Waals surface area contributed by atoms with Gasteiger partial charge >= 0.3 is 0 Å². The Morgan fingerprint density at radius 3 is 2.81 bits per heavy atom. The van der Waals surface area contributed by atoms with Crippen LogP contribution in [0.3, 0.4) is 0 Å². The predicted molar refractivity (Wildman–Crippen MR) is 64.9 cm³/mol. The summed E-state index contributed by atoms with van der Waals surface area (Å²) in [5.41, 5.74) is 5.90. The third kappa shape index (κ3) is 3.08. The van der Waals surface area contributed by atoms with Crippen LogP contribution >= 0.6 is 0 Å². The zero-order valence-electron chi connectivity index (χ0n) is 9.82. The molecular formula is C13H22N2O. The van der Waals surface area contributed by atoms with E-state index in [1.165, 1.54) is 0 Å². The van der Waals surface area contributed by atoms with Crippen molar-refractivity contribution in [3.8, 4) is 0 Å². The molecule has 2 aliphatic carbocycles. The van der Waals surface area contributed by atoms with Gasteiger partial charge in [0.05, 0.1) is 0 Å². The van der Waals surface area contributed by atoms with Crippen LogP contribution in [0.25, 0.3) is 0 Å². The molecule has 0 bridgehead atoms. The molecule has 3 atom stereocenters. The molecule has 0 aromatic heterocycles. The van der Waals surface area contributed by atoms with Crippen molar-refractivity contribution in [3.05, 3.63) is 12.2 Å². The Kier molecular flexibility index (Phi) is 3.99. The number of nitrogens with one attached hydrogen (secondary N) is 1. The van der Waals surface area contributed by atoms with E-state index in [0.717, 1.165) is 44.9 Å². The van der Waals surface area contributed by atoms with Crippen molar-refractivity contribution in [2.45, 2.75) is 57.0 Å². The topological polar surface area (TPSA) is 55.1 Å². The number of hydrogen-bond donors (Lipinski definition) is 2. The van der Waals surface area contributed by atoms with Crippen LogP contribution in [-0.2, 0) is 4.79 Å². The van der Waals surface area contributed by atoms with Crippen molar-refractivity contribution >= 4 is 5.91 Å². The van der Waals surface area contributed by atoms with Gasteiger partial charge in [-0.2, -0.15) is 0 Å². The third-order valence-electron chi connectivity index (χ3n) is 3.70. The number of nitrogens with two attached hydrogens (primary N) is 1. The Morgan fingerprint density at radius 1 is 1.25 bits per heavy atom. The molecule has 2 aliphatic rings. The molecule has 90 valence electrons. The molecule has 0 saturated heterocycles. The van der Waals surface area contributed by atoms with Crippen molar-refractivity contribution in [1.29, 1.82) is 0 Å². The number of carbonyl (C=O) groups is 1. The van der Waals surface area contributed by atoms with Crippen LogP contribution in [0.15, 0.2) is 12.2 Å². The normalized spacial score (nSPS) is 34.7. The van der Waals surface area contributed by atoms with Crippen molar-refractivity contribution in [2.75, 3.05) is 0 Å². The van der Waals surface area contributed by atoms with E-state index in [2.05, 4.69) is 17.5 Å². The highest BCUT2D eigenvalue weighted by atomic mass is 16.1. The summed E-state index contributed by atoms with van der Waals surface area (Å²) >= 11 is 0. The van der Waals surface area contributed by atoms with Crippen molar-refractivity contribution in [3.63, 3.8) is 0 Å². The Bertz CT molecular complexity index is 275. The Balaban J connectivity index is 1.80. The van der Waals surface area contributed by atoms with Crippen LogP contribution in [0.4, 0.5) is 0 Å². The van der Waals surface area contributed by atoms with Gasteiger partial charge in [0.15, 0.2) is 0 Å². The van der Waals surface area contributed by atoms with Crippen LogP contribution in [0.2, 0.25) is 0 Å². The van der Waals surface area contributed by atoms with Crippen LogP contribution in [-0.4, -0.2) is 18.0 Å². The van der Waals surface area contributed by atoms with Gasteiger partial charge in [-0.1, -0.05) is 18.6 Å². The second-order valence-electron chi connectivity index (χ2n) is 5.11. The van der Waals surface area contributed by atoms with E-state index in [-0.39, 0.29) is 17.9 Å². The van der Waals surface area contributed by atoms with Gasteiger partial charge in [-0.25, -0.2) is 0 Å². The molecule has 0 aliphatic heterocycles. The highest BCUT2D eigenvalue weighted by Gasteiger charge is 2.26. The summed E-state index contributed by atoms with van der Waals surface area (Å²) in [4.78, 5) is 12.0. The molecule has 1 fully saturated rings. The predicted octanol–water partition coefficient (Wildman–Crippen LogP) is 1.73. The fourth-order valence-corrected chi connectivity index (χ4v) is 2.71. The zero-order valence-corrected chi connectivity index (χ0v) is 9.82. The first-order valence-corrected chi connectivity index (χ1v) is 6.46. The summed E-state index contributed by atoms with van der Waals surface area (Å²) in [7, 11) is 0. The smallest absolute Gasteiger partial charge is 0.223 e. The largest absolute Gasteiger partial charge is 0.353 e. The fraction of sp³-hybridized carbons (Fsp3) is 0.769. The maximum Gasteiger partial charge on any atom is 0.223 e. The standard InChI is InChI=1S/C13H22N2O/c14-11-6-4-5-10(9-11)13(16)15-12-7-2-1-3-8-12/h1-2,10-12H,3-9,14H2,(H,15,16). The molecule has 1 saturated carbocycles. The first-order chi connectivity index (χ1) is 7.75. The summed E-state index contributed by atoms with van der Waals surface area (Å²) < 4.78 is 0. The number of carbonyl (C=O) groups excluding carboxylic acids is 1. The molecule has 16 heavy (non-hydrogen) atoms. The van der Waals surface area contributed by atoms with E-state index in [1.54, 1.807) is 0 Å². The number of hydrogen-bond acceptors (Lipinski definition) is 2. The summed E-state index contributed by atoms with van der Waals surface area (Å²) in [5, 5.41) is 3.16. The molecule has 3 unspecified atom stereocenters. The maximum atomic E-state index is 12.0. The van der Waals surface area contributed by atoms with E-state index in [0.29, 0.717) is 6.04 Å². The highest BCUT2D eigenvalue weighted by Crippen LogP contribution is 2.23. The van der Waals surface area contributed by atoms with Crippen LogP contribution in [0, 0.1) is 5.92 Å². The quantitative estimate of drug-likeness (QED) is 0.699. The van der Waals surface area contributed by atoms with E-state index in [1.807, 2.05) is 0 Å². The van der Waals surface area contributed by atoms with Gasteiger partial charge in [-0.15, -0.1) is 0 Å². The molecule has 3 heteroatoms. The summed E-state index contributed by atoms with van der Waals surface area (Å²) in [6, 6.07) is 0.589. The zero-order chi connectivity index (χ0) is 11.4. The first-order valence-electron chi connectivity index (χ1n) is 6.46. The van der Waals surface area contributed by atoms with E-state index >= 15 is 0 Å². The van der Waals surface area contributed by atoms with E-state index in [4.69, 9.17) is 5.73 Å². The SMILES string of the molecule is NC1CCCC(C(=O)NC2CC=CCC2)C1. The molecular weight excluding hydrogens is 200 g/mol. The van der Waals surface area contributed by atoms with E-state index < -0.39 is 0 Å². The lowest BCUT2D eigenvalue weighted by Gasteiger charge is -2.28. The van der Waals surface area contributed by atoms with Gasteiger partial charge < -0.3 is 11.1 Å². The highest BCUT2D eigenvalue weighted by molar-refractivity contribution is 5.79. The van der Waals surface area contributed by atoms with Crippen molar-refractivity contribution in [2.24, 2.45) is 11.7 Å². The second kappa shape index (κ2) is 5.48. The molecule has 0 radical (unpaired) electrons. The van der Waals surface area contributed by atoms with Gasteiger partial charge in [0.25, 0.3) is 0 Å². The minimum Gasteiger partial charge on any atom is -0.353 e. The minimum atomic E-state index is 0.162. The van der Waals surface area contributed by atoms with Gasteiger partial charge in [-0.05, 0) is 38.5 Å². The van der Waals surface area contributed by atoms with Gasteiger partial charge in [-0.3, -0.25) is 4.79 Å². The third-order valence-corrected chi connectivity index (χ3v) is 3.70. The average molecular weight is 222 g/mol. The van der Waals surface area contributed by atoms with Gasteiger partial charge in [0.1, 0.15) is 0 Å². The van der Waals surface area contributed by atoms with E-state index in [9.17, 15) is 4.79 Å². The van der Waals surface area contributed by atoms with Gasteiger partial charge in [0, 0.05) is 18.0 Å². The molecule has 3 N–H and O–H groups in total. The molecule has 3 nitrogen and oxygen atoms in total. The van der Waals surface area contributed by atoms with Crippen LogP contribution in [0.1, 0.15) is 44.9 Å². The second-order valence-corrected chi connectivity index (χ2v) is 5.11. The Labute approximate surface area is 97.5 Å². The van der Waals surface area contributed by atoms with Crippen molar-refractivity contribution < 1.29 is 4.79 Å². The number of rotatable bonds is 2. The molecule has 0 aromatic rings. The molecule has 0 aromatic carbocycles. The number of amides is 1. The molecule has 0 heterocycles. The lowest BCUT2D eigenvalue weighted by molar-refractivity contribution is -0.126. The monoisotopic (exact) mass is 222 g/mol. The Morgan fingerprint density at radius 2 is 2.12 bits per heavy atom. The Hall–Kier alpha value is -0.830. The maximum absolute atomic E-state index is 12.0. The van der Waals surface area contributed by atoms with Crippen LogP contribution < -0.4 is 11.1 Å². The first kappa shape index (κ1) is 11.6. The van der Waals surface area contributed by atoms with Crippen molar-refractivity contribution in [1.82, 2.24) is 5.32 Å².